The highest BCUT2D eigenvalue weighted by Gasteiger charge is 2.30. The molecule has 23 heavy (non-hydrogen) atoms. The summed E-state index contributed by atoms with van der Waals surface area (Å²) in [7, 11) is -1.59. The molecule has 1 saturated heterocycles. The second kappa shape index (κ2) is 7.07. The first-order valence-electron chi connectivity index (χ1n) is 8.15. The Morgan fingerprint density at radius 2 is 2.00 bits per heavy atom. The lowest BCUT2D eigenvalue weighted by molar-refractivity contribution is 0.263. The molecule has 1 aromatic rings. The van der Waals surface area contributed by atoms with Crippen LogP contribution in [0.15, 0.2) is 23.1 Å². The van der Waals surface area contributed by atoms with Crippen molar-refractivity contribution in [3.63, 3.8) is 0 Å². The minimum atomic E-state index is -3.49. The molecule has 0 aromatic heterocycles. The van der Waals surface area contributed by atoms with E-state index in [2.05, 4.69) is 5.32 Å². The predicted molar refractivity (Wildman–Crippen MR) is 87.5 cm³/mol. The van der Waals surface area contributed by atoms with Crippen LogP contribution in [0.5, 0.6) is 11.5 Å². The minimum Gasteiger partial charge on any atom is -0.490 e. The third-order valence-corrected chi connectivity index (χ3v) is 6.19. The lowest BCUT2D eigenvalue weighted by atomic mass is 10.00. The highest BCUT2D eigenvalue weighted by molar-refractivity contribution is 7.89. The molecule has 0 spiro atoms. The molecule has 0 radical (unpaired) electrons. The number of fused-ring (bicyclic) bond motifs is 1. The highest BCUT2D eigenvalue weighted by Crippen LogP contribution is 2.33. The van der Waals surface area contributed by atoms with Crippen molar-refractivity contribution in [1.29, 1.82) is 0 Å². The van der Waals surface area contributed by atoms with E-state index in [4.69, 9.17) is 9.47 Å². The molecule has 2 aliphatic heterocycles. The van der Waals surface area contributed by atoms with Gasteiger partial charge in [0.05, 0.1) is 18.1 Å². The lowest BCUT2D eigenvalue weighted by Gasteiger charge is -2.32. The van der Waals surface area contributed by atoms with Gasteiger partial charge in [0.15, 0.2) is 11.5 Å². The van der Waals surface area contributed by atoms with Gasteiger partial charge in [-0.25, -0.2) is 8.42 Å². The maximum absolute atomic E-state index is 12.9. The summed E-state index contributed by atoms with van der Waals surface area (Å²) in [4.78, 5) is 0.284. The molecule has 128 valence electrons. The van der Waals surface area contributed by atoms with E-state index in [1.807, 2.05) is 7.05 Å². The van der Waals surface area contributed by atoms with Crippen LogP contribution in [0.3, 0.4) is 0 Å². The standard InChI is InChI=1S/C16H24N2O4S/c1-17-11-13-4-2-7-18(12-13)23(19,20)14-5-6-15-16(10-14)22-9-3-8-21-15/h5-6,10,13,17H,2-4,7-9,11-12H2,1H3. The zero-order chi connectivity index (χ0) is 16.3. The number of ether oxygens (including phenoxy) is 2. The van der Waals surface area contributed by atoms with Gasteiger partial charge in [-0.05, 0) is 44.5 Å². The van der Waals surface area contributed by atoms with E-state index in [1.165, 1.54) is 0 Å². The Hall–Kier alpha value is -1.31. The van der Waals surface area contributed by atoms with Gasteiger partial charge in [-0.15, -0.1) is 0 Å². The van der Waals surface area contributed by atoms with E-state index >= 15 is 0 Å². The minimum absolute atomic E-state index is 0.284. The molecule has 3 rings (SSSR count). The van der Waals surface area contributed by atoms with Crippen LogP contribution in [-0.2, 0) is 10.0 Å². The molecule has 0 amide bonds. The fourth-order valence-electron chi connectivity index (χ4n) is 3.15. The number of rotatable bonds is 4. The Kier molecular flexibility index (Phi) is 5.08. The molecule has 1 atom stereocenters. The quantitative estimate of drug-likeness (QED) is 0.899. The van der Waals surface area contributed by atoms with Gasteiger partial charge in [-0.1, -0.05) is 0 Å². The van der Waals surface area contributed by atoms with Crippen LogP contribution in [0.4, 0.5) is 0 Å². The van der Waals surface area contributed by atoms with Crippen molar-refractivity contribution >= 4 is 10.0 Å². The summed E-state index contributed by atoms with van der Waals surface area (Å²) in [5.74, 6) is 1.50. The van der Waals surface area contributed by atoms with Crippen molar-refractivity contribution < 1.29 is 17.9 Å². The van der Waals surface area contributed by atoms with Crippen molar-refractivity contribution in [2.75, 3.05) is 39.9 Å². The fourth-order valence-corrected chi connectivity index (χ4v) is 4.72. The van der Waals surface area contributed by atoms with Gasteiger partial charge in [0, 0.05) is 25.6 Å². The summed E-state index contributed by atoms with van der Waals surface area (Å²) in [6, 6.07) is 4.91. The van der Waals surface area contributed by atoms with E-state index in [9.17, 15) is 8.42 Å². The van der Waals surface area contributed by atoms with E-state index in [0.29, 0.717) is 43.7 Å². The number of hydrogen-bond acceptors (Lipinski definition) is 5. The van der Waals surface area contributed by atoms with Crippen molar-refractivity contribution in [3.8, 4) is 11.5 Å². The second-order valence-electron chi connectivity index (χ2n) is 6.09. The molecular weight excluding hydrogens is 316 g/mol. The van der Waals surface area contributed by atoms with Crippen molar-refractivity contribution in [2.45, 2.75) is 24.2 Å². The summed E-state index contributed by atoms with van der Waals surface area (Å²) < 4.78 is 38.6. The summed E-state index contributed by atoms with van der Waals surface area (Å²) in [5.41, 5.74) is 0. The number of sulfonamides is 1. The number of nitrogens with zero attached hydrogens (tertiary/aromatic N) is 1. The Morgan fingerprint density at radius 3 is 2.78 bits per heavy atom. The summed E-state index contributed by atoms with van der Waals surface area (Å²) >= 11 is 0. The van der Waals surface area contributed by atoms with Gasteiger partial charge in [-0.3, -0.25) is 0 Å². The van der Waals surface area contributed by atoms with E-state index in [-0.39, 0.29) is 4.90 Å². The van der Waals surface area contributed by atoms with E-state index in [0.717, 1.165) is 25.8 Å². The Morgan fingerprint density at radius 1 is 1.22 bits per heavy atom. The maximum Gasteiger partial charge on any atom is 0.243 e. The summed E-state index contributed by atoms with van der Waals surface area (Å²) in [5, 5.41) is 3.14. The molecule has 1 unspecified atom stereocenters. The fraction of sp³-hybridized carbons (Fsp3) is 0.625. The summed E-state index contributed by atoms with van der Waals surface area (Å²) in [6.07, 6.45) is 2.76. The molecule has 1 aromatic carbocycles. The molecule has 6 nitrogen and oxygen atoms in total. The highest BCUT2D eigenvalue weighted by atomic mass is 32.2. The SMILES string of the molecule is CNCC1CCCN(S(=O)(=O)c2ccc3c(c2)OCCCO3)C1. The average molecular weight is 340 g/mol. The van der Waals surface area contributed by atoms with Gasteiger partial charge < -0.3 is 14.8 Å². The molecule has 0 aliphatic carbocycles. The van der Waals surface area contributed by atoms with Crippen molar-refractivity contribution in [1.82, 2.24) is 9.62 Å². The predicted octanol–water partition coefficient (Wildman–Crippen LogP) is 1.47. The number of benzene rings is 1. The number of nitrogens with one attached hydrogen (secondary N) is 1. The normalized spacial score (nSPS) is 22.6. The zero-order valence-corrected chi connectivity index (χ0v) is 14.3. The van der Waals surface area contributed by atoms with Crippen molar-refractivity contribution in [3.05, 3.63) is 18.2 Å². The topological polar surface area (TPSA) is 67.9 Å². The van der Waals surface area contributed by atoms with Crippen molar-refractivity contribution in [2.24, 2.45) is 5.92 Å². The van der Waals surface area contributed by atoms with Crippen LogP contribution in [-0.4, -0.2) is 52.6 Å². The average Bonchev–Trinajstić information content (AvgIpc) is 2.80. The number of piperidine rings is 1. The molecule has 2 heterocycles. The van der Waals surface area contributed by atoms with Crippen LogP contribution in [0.25, 0.3) is 0 Å². The van der Waals surface area contributed by atoms with Gasteiger partial charge in [-0.2, -0.15) is 4.31 Å². The molecule has 2 aliphatic rings. The van der Waals surface area contributed by atoms with Crippen LogP contribution < -0.4 is 14.8 Å². The molecule has 7 heteroatoms. The van der Waals surface area contributed by atoms with Gasteiger partial charge >= 0.3 is 0 Å². The Balaban J connectivity index is 1.83. The zero-order valence-electron chi connectivity index (χ0n) is 13.5. The van der Waals surface area contributed by atoms with Gasteiger partial charge in [0.1, 0.15) is 0 Å². The Labute approximate surface area is 137 Å². The van der Waals surface area contributed by atoms with Gasteiger partial charge in [0.25, 0.3) is 0 Å². The monoisotopic (exact) mass is 340 g/mol. The second-order valence-corrected chi connectivity index (χ2v) is 8.03. The van der Waals surface area contributed by atoms with Gasteiger partial charge in [0.2, 0.25) is 10.0 Å². The first-order chi connectivity index (χ1) is 11.1. The van der Waals surface area contributed by atoms with Crippen LogP contribution in [0.1, 0.15) is 19.3 Å². The van der Waals surface area contributed by atoms with Crippen LogP contribution in [0.2, 0.25) is 0 Å². The number of hydrogen-bond donors (Lipinski definition) is 1. The van der Waals surface area contributed by atoms with E-state index in [1.54, 1.807) is 22.5 Å². The molecule has 1 N–H and O–H groups in total. The third kappa shape index (κ3) is 3.62. The third-order valence-electron chi connectivity index (χ3n) is 4.33. The first-order valence-corrected chi connectivity index (χ1v) is 9.59. The largest absolute Gasteiger partial charge is 0.490 e. The Bertz CT molecular complexity index is 645. The smallest absolute Gasteiger partial charge is 0.243 e. The maximum atomic E-state index is 12.9. The summed E-state index contributed by atoms with van der Waals surface area (Å²) in [6.45, 7) is 3.13. The first kappa shape index (κ1) is 16.5. The molecule has 0 saturated carbocycles. The molecular formula is C16H24N2O4S. The lowest BCUT2D eigenvalue weighted by Crippen LogP contribution is -2.42. The molecule has 0 bridgehead atoms. The van der Waals surface area contributed by atoms with Crippen LogP contribution in [0, 0.1) is 5.92 Å². The molecule has 1 fully saturated rings. The van der Waals surface area contributed by atoms with Crippen LogP contribution >= 0.6 is 0 Å². The van der Waals surface area contributed by atoms with E-state index < -0.39 is 10.0 Å².